The van der Waals surface area contributed by atoms with Gasteiger partial charge in [-0.25, -0.2) is 0 Å². The molecule has 0 fully saturated rings. The van der Waals surface area contributed by atoms with Crippen molar-refractivity contribution in [3.8, 4) is 5.69 Å². The fourth-order valence-electron chi connectivity index (χ4n) is 2.19. The van der Waals surface area contributed by atoms with Gasteiger partial charge in [0.25, 0.3) is 0 Å². The molecule has 0 radical (unpaired) electrons. The first-order chi connectivity index (χ1) is 11.6. The average Bonchev–Trinajstić information content (AvgIpc) is 3.04. The van der Waals surface area contributed by atoms with E-state index in [1.54, 1.807) is 29.9 Å². The Morgan fingerprint density at radius 1 is 1.17 bits per heavy atom. The fourth-order valence-corrected chi connectivity index (χ4v) is 2.55. The number of hydrogen-bond donors (Lipinski definition) is 1. The molecule has 120 valence electrons. The zero-order valence-electron chi connectivity index (χ0n) is 12.8. The molecule has 0 unspecified atom stereocenters. The van der Waals surface area contributed by atoms with Gasteiger partial charge >= 0.3 is 0 Å². The molecule has 3 aromatic rings. The lowest BCUT2D eigenvalue weighted by Crippen LogP contribution is -2.01. The van der Waals surface area contributed by atoms with Crippen LogP contribution in [-0.4, -0.2) is 26.0 Å². The summed E-state index contributed by atoms with van der Waals surface area (Å²) in [5.74, 6) is 0.597. The van der Waals surface area contributed by atoms with Crippen LogP contribution < -0.4 is 5.32 Å². The molecule has 0 saturated heterocycles. The number of aromatic nitrogens is 4. The van der Waals surface area contributed by atoms with Crippen molar-refractivity contribution < 1.29 is 4.79 Å². The van der Waals surface area contributed by atoms with Crippen molar-refractivity contribution in [2.24, 2.45) is 0 Å². The van der Waals surface area contributed by atoms with Crippen molar-refractivity contribution >= 4 is 40.1 Å². The molecular weight excluding hydrogens is 417 g/mol. The van der Waals surface area contributed by atoms with Crippen molar-refractivity contribution in [2.75, 3.05) is 5.32 Å². The van der Waals surface area contributed by atoms with Crippen LogP contribution in [0.2, 0.25) is 0 Å². The number of carbonyl (C=O) groups is 1. The normalized spacial score (nSPS) is 10.9. The van der Waals surface area contributed by atoms with E-state index < -0.39 is 0 Å². The van der Waals surface area contributed by atoms with Crippen molar-refractivity contribution in [2.45, 2.75) is 6.92 Å². The molecule has 0 aliphatic heterocycles. The summed E-state index contributed by atoms with van der Waals surface area (Å²) in [5.41, 5.74) is 2.26. The van der Waals surface area contributed by atoms with Crippen LogP contribution in [0.3, 0.4) is 0 Å². The number of ketones is 1. The van der Waals surface area contributed by atoms with Gasteiger partial charge in [-0.1, -0.05) is 12.1 Å². The van der Waals surface area contributed by atoms with Crippen molar-refractivity contribution in [3.63, 3.8) is 0 Å². The first-order valence-corrected chi connectivity index (χ1v) is 8.30. The number of para-hydroxylation sites is 1. The Morgan fingerprint density at radius 2 is 1.92 bits per heavy atom. The lowest BCUT2D eigenvalue weighted by Gasteiger charge is -2.06. The number of Topliss-reactive ketones (excluding diaryl/α,β-unsaturated/α-hetero) is 1. The molecule has 0 aliphatic carbocycles. The number of anilines is 1. The van der Waals surface area contributed by atoms with Crippen LogP contribution in [0.1, 0.15) is 23.1 Å². The predicted octanol–water partition coefficient (Wildman–Crippen LogP) is 3.55. The third-order valence-corrected chi connectivity index (χ3v) is 4.06. The van der Waals surface area contributed by atoms with Crippen LogP contribution in [0.4, 0.5) is 5.69 Å². The van der Waals surface area contributed by atoms with Crippen LogP contribution in [0.25, 0.3) is 11.8 Å². The van der Waals surface area contributed by atoms with Gasteiger partial charge in [-0.3, -0.25) is 4.79 Å². The predicted molar refractivity (Wildman–Crippen MR) is 101 cm³/mol. The highest BCUT2D eigenvalue weighted by Gasteiger charge is 2.06. The number of benzene rings is 2. The Balaban J connectivity index is 1.81. The molecule has 7 heteroatoms. The Morgan fingerprint density at radius 3 is 2.67 bits per heavy atom. The molecule has 1 heterocycles. The van der Waals surface area contributed by atoms with Crippen molar-refractivity contribution in [3.05, 3.63) is 69.7 Å². The molecule has 6 nitrogen and oxygen atoms in total. The molecule has 0 aliphatic rings. The number of halogens is 1. The molecule has 24 heavy (non-hydrogen) atoms. The lowest BCUT2D eigenvalue weighted by atomic mass is 10.1. The molecule has 0 atom stereocenters. The smallest absolute Gasteiger partial charge is 0.181 e. The highest BCUT2D eigenvalue weighted by molar-refractivity contribution is 14.1. The summed E-state index contributed by atoms with van der Waals surface area (Å²) in [7, 11) is 0. The minimum absolute atomic E-state index is 0.00946. The molecule has 1 N–H and O–H groups in total. The van der Waals surface area contributed by atoms with E-state index in [9.17, 15) is 4.79 Å². The van der Waals surface area contributed by atoms with E-state index in [4.69, 9.17) is 0 Å². The third-order valence-electron chi connectivity index (χ3n) is 3.34. The molecule has 1 aromatic heterocycles. The topological polar surface area (TPSA) is 72.7 Å². The maximum Gasteiger partial charge on any atom is 0.181 e. The van der Waals surface area contributed by atoms with Crippen LogP contribution in [0.5, 0.6) is 0 Å². The monoisotopic (exact) mass is 431 g/mol. The zero-order valence-corrected chi connectivity index (χ0v) is 15.0. The molecule has 2 aromatic carbocycles. The van der Waals surface area contributed by atoms with Gasteiger partial charge in [0, 0.05) is 27.1 Å². The van der Waals surface area contributed by atoms with Gasteiger partial charge in [-0.15, -0.1) is 5.10 Å². The summed E-state index contributed by atoms with van der Waals surface area (Å²) in [4.78, 5) is 11.6. The van der Waals surface area contributed by atoms with Crippen LogP contribution in [0, 0.1) is 3.57 Å². The summed E-state index contributed by atoms with van der Waals surface area (Å²) in [6, 6.07) is 15.2. The molecule has 0 saturated carbocycles. The summed E-state index contributed by atoms with van der Waals surface area (Å²) in [6.45, 7) is 1.54. The van der Waals surface area contributed by atoms with E-state index in [-0.39, 0.29) is 5.78 Å². The van der Waals surface area contributed by atoms with E-state index in [0.717, 1.165) is 14.9 Å². The van der Waals surface area contributed by atoms with Gasteiger partial charge in [0.15, 0.2) is 11.6 Å². The van der Waals surface area contributed by atoms with E-state index >= 15 is 0 Å². The maximum absolute atomic E-state index is 11.6. The second-order valence-electron chi connectivity index (χ2n) is 5.00. The molecule has 0 bridgehead atoms. The Labute approximate surface area is 152 Å². The third kappa shape index (κ3) is 3.67. The quantitative estimate of drug-likeness (QED) is 0.494. The second-order valence-corrected chi connectivity index (χ2v) is 6.25. The molecule has 0 spiro atoms. The summed E-state index contributed by atoms with van der Waals surface area (Å²) >= 11 is 2.25. The van der Waals surface area contributed by atoms with Gasteiger partial charge in [0.1, 0.15) is 0 Å². The van der Waals surface area contributed by atoms with Gasteiger partial charge in [-0.2, -0.15) is 4.68 Å². The van der Waals surface area contributed by atoms with E-state index in [2.05, 4.69) is 43.4 Å². The van der Waals surface area contributed by atoms with Crippen LogP contribution in [0.15, 0.2) is 54.7 Å². The Bertz CT molecular complexity index is 886. The fraction of sp³-hybridized carbons (Fsp3) is 0.0588. The van der Waals surface area contributed by atoms with Crippen molar-refractivity contribution in [1.82, 2.24) is 20.2 Å². The number of nitrogens with zero attached hydrogens (tertiary/aromatic N) is 4. The second kappa shape index (κ2) is 7.35. The average molecular weight is 431 g/mol. The number of carbonyl (C=O) groups excluding carboxylic acids is 1. The van der Waals surface area contributed by atoms with E-state index in [1.807, 2.05) is 42.5 Å². The molecule has 0 amide bonds. The van der Waals surface area contributed by atoms with Crippen LogP contribution >= 0.6 is 22.6 Å². The summed E-state index contributed by atoms with van der Waals surface area (Å²) in [5, 5.41) is 14.8. The van der Waals surface area contributed by atoms with Crippen LogP contribution in [-0.2, 0) is 0 Å². The number of rotatable bonds is 5. The SMILES string of the molecule is CC(=O)c1ccccc1NC=Cc1nnnn1-c1ccc(I)cc1. The van der Waals surface area contributed by atoms with E-state index in [1.165, 1.54) is 0 Å². The Kier molecular flexibility index (Phi) is 4.99. The van der Waals surface area contributed by atoms with Gasteiger partial charge in [-0.05, 0) is 76.3 Å². The molecule has 3 rings (SSSR count). The molecular formula is C17H14IN5O. The minimum Gasteiger partial charge on any atom is -0.361 e. The standard InChI is InChI=1S/C17H14IN5O/c1-12(24)15-4-2-3-5-16(15)19-11-10-17-20-21-22-23(17)14-8-6-13(18)7-9-14/h2-11,19H,1H3. The summed E-state index contributed by atoms with van der Waals surface area (Å²) in [6.07, 6.45) is 3.48. The largest absolute Gasteiger partial charge is 0.361 e. The first-order valence-electron chi connectivity index (χ1n) is 7.22. The summed E-state index contributed by atoms with van der Waals surface area (Å²) < 4.78 is 2.79. The van der Waals surface area contributed by atoms with Gasteiger partial charge in [0.2, 0.25) is 0 Å². The first kappa shape index (κ1) is 16.3. The Hall–Kier alpha value is -2.55. The lowest BCUT2D eigenvalue weighted by molar-refractivity contribution is 0.101. The zero-order chi connectivity index (χ0) is 16.9. The number of hydrogen-bond acceptors (Lipinski definition) is 5. The maximum atomic E-state index is 11.6. The van der Waals surface area contributed by atoms with Gasteiger partial charge in [0.05, 0.1) is 5.69 Å². The number of nitrogens with one attached hydrogen (secondary N) is 1. The van der Waals surface area contributed by atoms with Crippen molar-refractivity contribution in [1.29, 1.82) is 0 Å². The minimum atomic E-state index is 0.00946. The van der Waals surface area contributed by atoms with Gasteiger partial charge < -0.3 is 5.32 Å². The highest BCUT2D eigenvalue weighted by atomic mass is 127. The highest BCUT2D eigenvalue weighted by Crippen LogP contribution is 2.16. The van der Waals surface area contributed by atoms with E-state index in [0.29, 0.717) is 11.4 Å². The number of tetrazole rings is 1.